The van der Waals surface area contributed by atoms with E-state index in [4.69, 9.17) is 25.8 Å². The molecule has 0 fully saturated rings. The van der Waals surface area contributed by atoms with Gasteiger partial charge in [0.15, 0.2) is 11.5 Å². The standard InChI is InChI=1S/C21H20ClN5O4/c1-11-13-9-17(29-2)18(30-3)10-16(13)25-20(23-11)27-21-24-15-5-4-12(31-7-6-22)8-14(15)19(28)26-21/h4-5,8-10H,6-7H2,1-3H3,(H2,23,24,25,26,27,28). The van der Waals surface area contributed by atoms with Crippen molar-refractivity contribution in [2.75, 3.05) is 32.0 Å². The van der Waals surface area contributed by atoms with Crippen LogP contribution in [0.1, 0.15) is 5.69 Å². The normalized spacial score (nSPS) is 11.0. The van der Waals surface area contributed by atoms with Gasteiger partial charge in [0.2, 0.25) is 11.9 Å². The zero-order valence-electron chi connectivity index (χ0n) is 17.2. The predicted molar refractivity (Wildman–Crippen MR) is 119 cm³/mol. The summed E-state index contributed by atoms with van der Waals surface area (Å²) in [5.74, 6) is 2.59. The molecule has 9 nitrogen and oxygen atoms in total. The second kappa shape index (κ2) is 8.65. The number of hydrogen-bond acceptors (Lipinski definition) is 8. The topological polar surface area (TPSA) is 111 Å². The zero-order valence-corrected chi connectivity index (χ0v) is 17.9. The number of hydrogen-bond donors (Lipinski definition) is 2. The first-order chi connectivity index (χ1) is 15.0. The average molecular weight is 442 g/mol. The summed E-state index contributed by atoms with van der Waals surface area (Å²) in [5.41, 5.74) is 1.59. The number of nitrogens with one attached hydrogen (secondary N) is 2. The molecule has 4 rings (SSSR count). The Morgan fingerprint density at radius 2 is 1.77 bits per heavy atom. The fourth-order valence-electron chi connectivity index (χ4n) is 3.19. The van der Waals surface area contributed by atoms with Crippen LogP contribution in [0.3, 0.4) is 0 Å². The van der Waals surface area contributed by atoms with Crippen molar-refractivity contribution in [2.24, 2.45) is 0 Å². The Morgan fingerprint density at radius 3 is 2.52 bits per heavy atom. The van der Waals surface area contributed by atoms with E-state index in [-0.39, 0.29) is 11.5 Å². The molecule has 2 aromatic carbocycles. The van der Waals surface area contributed by atoms with E-state index in [0.29, 0.717) is 52.1 Å². The van der Waals surface area contributed by atoms with Crippen molar-refractivity contribution in [1.82, 2.24) is 19.9 Å². The van der Waals surface area contributed by atoms with Crippen LogP contribution in [0, 0.1) is 6.92 Å². The van der Waals surface area contributed by atoms with Crippen LogP contribution in [0.5, 0.6) is 17.2 Å². The summed E-state index contributed by atoms with van der Waals surface area (Å²) in [6.07, 6.45) is 0. The lowest BCUT2D eigenvalue weighted by Gasteiger charge is -2.12. The summed E-state index contributed by atoms with van der Waals surface area (Å²) < 4.78 is 16.2. The van der Waals surface area contributed by atoms with E-state index in [1.54, 1.807) is 38.5 Å². The number of benzene rings is 2. The molecule has 0 aliphatic heterocycles. The molecule has 0 spiro atoms. The number of anilines is 2. The maximum absolute atomic E-state index is 12.6. The molecule has 2 aromatic heterocycles. The van der Waals surface area contributed by atoms with Gasteiger partial charge in [-0.25, -0.2) is 15.0 Å². The van der Waals surface area contributed by atoms with E-state index in [9.17, 15) is 4.79 Å². The van der Waals surface area contributed by atoms with Gasteiger partial charge >= 0.3 is 0 Å². The average Bonchev–Trinajstić information content (AvgIpc) is 2.77. The van der Waals surface area contributed by atoms with E-state index < -0.39 is 0 Å². The quantitative estimate of drug-likeness (QED) is 0.419. The van der Waals surface area contributed by atoms with E-state index in [1.165, 1.54) is 0 Å². The molecule has 2 heterocycles. The van der Waals surface area contributed by atoms with Crippen molar-refractivity contribution in [3.63, 3.8) is 0 Å². The smallest absolute Gasteiger partial charge is 0.260 e. The maximum Gasteiger partial charge on any atom is 0.260 e. The minimum Gasteiger partial charge on any atom is -0.493 e. The monoisotopic (exact) mass is 441 g/mol. The predicted octanol–water partition coefficient (Wildman–Crippen LogP) is 3.55. The number of methoxy groups -OCH3 is 2. The minimum absolute atomic E-state index is 0.228. The third kappa shape index (κ3) is 4.17. The number of aromatic nitrogens is 4. The van der Waals surface area contributed by atoms with Crippen molar-refractivity contribution in [3.8, 4) is 17.2 Å². The molecule has 0 aliphatic carbocycles. The number of aryl methyl sites for hydroxylation is 1. The summed E-state index contributed by atoms with van der Waals surface area (Å²) in [4.78, 5) is 28.7. The second-order valence-corrected chi connectivity index (χ2v) is 6.99. The highest BCUT2D eigenvalue weighted by Crippen LogP contribution is 2.33. The van der Waals surface area contributed by atoms with Gasteiger partial charge in [0.25, 0.3) is 5.56 Å². The maximum atomic E-state index is 12.6. The Hall–Kier alpha value is -3.59. The summed E-state index contributed by atoms with van der Waals surface area (Å²) >= 11 is 5.64. The van der Waals surface area contributed by atoms with Crippen molar-refractivity contribution in [3.05, 3.63) is 46.4 Å². The number of rotatable bonds is 7. The highest BCUT2D eigenvalue weighted by molar-refractivity contribution is 6.18. The van der Waals surface area contributed by atoms with Crippen LogP contribution < -0.4 is 25.1 Å². The molecule has 2 N–H and O–H groups in total. The van der Waals surface area contributed by atoms with Crippen LogP contribution in [0.2, 0.25) is 0 Å². The Labute approximate surface area is 182 Å². The summed E-state index contributed by atoms with van der Waals surface area (Å²) in [6, 6.07) is 8.68. The molecule has 160 valence electrons. The molecule has 4 aromatic rings. The first kappa shape index (κ1) is 20.7. The Morgan fingerprint density at radius 1 is 1.00 bits per heavy atom. The van der Waals surface area contributed by atoms with Gasteiger partial charge in [0, 0.05) is 11.5 Å². The molecule has 10 heteroatoms. The highest BCUT2D eigenvalue weighted by Gasteiger charge is 2.12. The molecular weight excluding hydrogens is 422 g/mol. The number of nitrogens with zero attached hydrogens (tertiary/aromatic N) is 3. The van der Waals surface area contributed by atoms with Gasteiger partial charge in [-0.2, -0.15) is 0 Å². The lowest BCUT2D eigenvalue weighted by Crippen LogP contribution is -2.12. The number of ether oxygens (including phenoxy) is 3. The van der Waals surface area contributed by atoms with Gasteiger partial charge in [-0.05, 0) is 31.2 Å². The SMILES string of the molecule is COc1cc2nc(Nc3nc4ccc(OCCCl)cc4c(=O)[nH]3)nc(C)c2cc1OC. The van der Waals surface area contributed by atoms with Gasteiger partial charge in [0.1, 0.15) is 12.4 Å². The van der Waals surface area contributed by atoms with Gasteiger partial charge < -0.3 is 14.2 Å². The Kier molecular flexibility index (Phi) is 5.77. The summed E-state index contributed by atoms with van der Waals surface area (Å²) in [5, 5.41) is 4.21. The van der Waals surface area contributed by atoms with E-state index >= 15 is 0 Å². The van der Waals surface area contributed by atoms with E-state index in [1.807, 2.05) is 13.0 Å². The molecule has 0 aliphatic rings. The van der Waals surface area contributed by atoms with Gasteiger partial charge in [-0.1, -0.05) is 0 Å². The first-order valence-corrected chi connectivity index (χ1v) is 9.96. The summed E-state index contributed by atoms with van der Waals surface area (Å²) in [6.45, 7) is 2.22. The van der Waals surface area contributed by atoms with Crippen LogP contribution >= 0.6 is 11.6 Å². The van der Waals surface area contributed by atoms with E-state index in [0.717, 1.165) is 11.1 Å². The number of halogens is 1. The third-order valence-corrected chi connectivity index (χ3v) is 4.80. The number of alkyl halides is 1. The van der Waals surface area contributed by atoms with Crippen LogP contribution in [0.25, 0.3) is 21.8 Å². The van der Waals surface area contributed by atoms with Crippen LogP contribution in [0.4, 0.5) is 11.9 Å². The molecular formula is C21H20ClN5O4. The lowest BCUT2D eigenvalue weighted by atomic mass is 10.1. The summed E-state index contributed by atoms with van der Waals surface area (Å²) in [7, 11) is 3.14. The molecule has 0 saturated heterocycles. The molecule has 0 atom stereocenters. The van der Waals surface area contributed by atoms with Crippen molar-refractivity contribution >= 4 is 45.3 Å². The second-order valence-electron chi connectivity index (χ2n) is 6.61. The van der Waals surface area contributed by atoms with Crippen molar-refractivity contribution in [1.29, 1.82) is 0 Å². The van der Waals surface area contributed by atoms with Gasteiger partial charge in [-0.3, -0.25) is 15.1 Å². The minimum atomic E-state index is -0.312. The van der Waals surface area contributed by atoms with Crippen LogP contribution in [-0.4, -0.2) is 46.6 Å². The number of fused-ring (bicyclic) bond motifs is 2. The van der Waals surface area contributed by atoms with Gasteiger partial charge in [0.05, 0.1) is 42.2 Å². The third-order valence-electron chi connectivity index (χ3n) is 4.64. The zero-order chi connectivity index (χ0) is 22.0. The number of aromatic amines is 1. The lowest BCUT2D eigenvalue weighted by molar-refractivity contribution is 0.343. The molecule has 0 saturated carbocycles. The highest BCUT2D eigenvalue weighted by atomic mass is 35.5. The van der Waals surface area contributed by atoms with E-state index in [2.05, 4.69) is 25.3 Å². The fraction of sp³-hybridized carbons (Fsp3) is 0.238. The number of H-pyrrole nitrogens is 1. The molecule has 0 bridgehead atoms. The Bertz CT molecular complexity index is 1320. The molecule has 31 heavy (non-hydrogen) atoms. The molecule has 0 radical (unpaired) electrons. The molecule has 0 unspecified atom stereocenters. The van der Waals surface area contributed by atoms with Crippen LogP contribution in [-0.2, 0) is 0 Å². The van der Waals surface area contributed by atoms with Crippen molar-refractivity contribution in [2.45, 2.75) is 6.92 Å². The first-order valence-electron chi connectivity index (χ1n) is 9.42. The van der Waals surface area contributed by atoms with Crippen molar-refractivity contribution < 1.29 is 14.2 Å². The fourth-order valence-corrected chi connectivity index (χ4v) is 3.27. The van der Waals surface area contributed by atoms with Gasteiger partial charge in [-0.15, -0.1) is 11.6 Å². The Balaban J connectivity index is 1.70. The van der Waals surface area contributed by atoms with Crippen LogP contribution in [0.15, 0.2) is 35.1 Å². The molecule has 0 amide bonds. The largest absolute Gasteiger partial charge is 0.493 e.